The zero-order chi connectivity index (χ0) is 16.7. The molecule has 1 fully saturated rings. The quantitative estimate of drug-likeness (QED) is 0.892. The Morgan fingerprint density at radius 2 is 1.96 bits per heavy atom. The Hall–Kier alpha value is -2.55. The summed E-state index contributed by atoms with van der Waals surface area (Å²) in [6, 6.07) is 8.06. The number of urea groups is 1. The molecule has 122 valence electrons. The van der Waals surface area contributed by atoms with Gasteiger partial charge in [-0.1, -0.05) is 19.8 Å². The topological polar surface area (TPSA) is 91.2 Å². The number of hydrogen-bond acceptors (Lipinski definition) is 4. The lowest BCUT2D eigenvalue weighted by atomic mass is 9.86. The number of hydrogen-bond donors (Lipinski definition) is 2. The number of amides is 3. The third-order valence-corrected chi connectivity index (χ3v) is 4.03. The Balaban J connectivity index is 1.73. The first-order valence-electron chi connectivity index (χ1n) is 7.82. The summed E-state index contributed by atoms with van der Waals surface area (Å²) < 4.78 is 5.28. The Kier molecular flexibility index (Phi) is 5.98. The molecular formula is C17H21N3O3. The summed E-state index contributed by atoms with van der Waals surface area (Å²) in [5.41, 5.74) is 0.516. The van der Waals surface area contributed by atoms with Crippen LogP contribution < -0.4 is 15.4 Å². The molecule has 3 amide bonds. The van der Waals surface area contributed by atoms with Crippen molar-refractivity contribution in [1.29, 1.82) is 5.26 Å². The zero-order valence-corrected chi connectivity index (χ0v) is 13.2. The highest BCUT2D eigenvalue weighted by Gasteiger charge is 2.23. The molecule has 0 aliphatic heterocycles. The van der Waals surface area contributed by atoms with Gasteiger partial charge in [-0.25, -0.2) is 4.79 Å². The van der Waals surface area contributed by atoms with E-state index in [-0.39, 0.29) is 12.6 Å². The summed E-state index contributed by atoms with van der Waals surface area (Å²) >= 11 is 0. The highest BCUT2D eigenvalue weighted by molar-refractivity contribution is 5.95. The maximum absolute atomic E-state index is 11.8. The lowest BCUT2D eigenvalue weighted by molar-refractivity contribution is -0.122. The molecule has 23 heavy (non-hydrogen) atoms. The van der Waals surface area contributed by atoms with Gasteiger partial charge in [0, 0.05) is 6.04 Å². The Bertz CT molecular complexity index is 592. The number of rotatable bonds is 4. The van der Waals surface area contributed by atoms with Crippen LogP contribution in [0.15, 0.2) is 24.3 Å². The van der Waals surface area contributed by atoms with Crippen LogP contribution in [0, 0.1) is 17.2 Å². The van der Waals surface area contributed by atoms with Gasteiger partial charge in [-0.3, -0.25) is 10.1 Å². The first-order chi connectivity index (χ1) is 11.1. The predicted octanol–water partition coefficient (Wildman–Crippen LogP) is 2.34. The third-order valence-electron chi connectivity index (χ3n) is 4.03. The minimum atomic E-state index is -0.504. The summed E-state index contributed by atoms with van der Waals surface area (Å²) in [6.45, 7) is 1.86. The second-order valence-electron chi connectivity index (χ2n) is 5.81. The highest BCUT2D eigenvalue weighted by Crippen LogP contribution is 2.23. The van der Waals surface area contributed by atoms with E-state index in [9.17, 15) is 9.59 Å². The summed E-state index contributed by atoms with van der Waals surface area (Å²) in [5, 5.41) is 13.8. The van der Waals surface area contributed by atoms with E-state index < -0.39 is 11.9 Å². The van der Waals surface area contributed by atoms with Gasteiger partial charge in [0.1, 0.15) is 5.75 Å². The van der Waals surface area contributed by atoms with Gasteiger partial charge in [0.2, 0.25) is 0 Å². The first-order valence-corrected chi connectivity index (χ1v) is 7.82. The second kappa shape index (κ2) is 8.18. The molecule has 1 aliphatic rings. The Morgan fingerprint density at radius 3 is 2.61 bits per heavy atom. The molecule has 0 heterocycles. The fourth-order valence-corrected chi connectivity index (χ4v) is 2.67. The number of nitrogens with zero attached hydrogens (tertiary/aromatic N) is 1. The number of nitrogens with one attached hydrogen (secondary N) is 2. The molecule has 1 saturated carbocycles. The van der Waals surface area contributed by atoms with Crippen LogP contribution in [0.5, 0.6) is 5.75 Å². The fraction of sp³-hybridized carbons (Fsp3) is 0.471. The van der Waals surface area contributed by atoms with Gasteiger partial charge < -0.3 is 10.1 Å². The fourth-order valence-electron chi connectivity index (χ4n) is 2.67. The van der Waals surface area contributed by atoms with Gasteiger partial charge in [0.25, 0.3) is 5.91 Å². The maximum Gasteiger partial charge on any atom is 0.321 e. The average Bonchev–Trinajstić information content (AvgIpc) is 2.55. The monoisotopic (exact) mass is 315 g/mol. The lowest BCUT2D eigenvalue weighted by Gasteiger charge is -2.29. The van der Waals surface area contributed by atoms with Crippen molar-refractivity contribution in [1.82, 2.24) is 10.6 Å². The molecule has 0 aromatic heterocycles. The van der Waals surface area contributed by atoms with Crippen LogP contribution in [0.1, 0.15) is 38.2 Å². The SMILES string of the molecule is C[C@@H]1CCCC[C@H]1NC(=O)NC(=O)COc1ccc(C#N)cc1. The predicted molar refractivity (Wildman–Crippen MR) is 84.7 cm³/mol. The number of nitriles is 1. The van der Waals surface area contributed by atoms with Crippen molar-refractivity contribution in [2.24, 2.45) is 5.92 Å². The van der Waals surface area contributed by atoms with E-state index in [1.807, 2.05) is 6.07 Å². The van der Waals surface area contributed by atoms with Crippen molar-refractivity contribution < 1.29 is 14.3 Å². The van der Waals surface area contributed by atoms with E-state index in [0.29, 0.717) is 17.2 Å². The summed E-state index contributed by atoms with van der Waals surface area (Å²) in [4.78, 5) is 23.6. The Morgan fingerprint density at radius 1 is 1.26 bits per heavy atom. The van der Waals surface area contributed by atoms with Gasteiger partial charge in [-0.15, -0.1) is 0 Å². The van der Waals surface area contributed by atoms with Crippen molar-refractivity contribution >= 4 is 11.9 Å². The number of imide groups is 1. The Labute approximate surface area is 135 Å². The standard InChI is InChI=1S/C17H21N3O3/c1-12-4-2-3-5-15(12)19-17(22)20-16(21)11-23-14-8-6-13(10-18)7-9-14/h6-9,12,15H,2-5,11H2,1H3,(H2,19,20,21,22)/t12-,15-/m1/s1. The van der Waals surface area contributed by atoms with Crippen LogP contribution in [0.3, 0.4) is 0 Å². The smallest absolute Gasteiger partial charge is 0.321 e. The van der Waals surface area contributed by atoms with Gasteiger partial charge in [-0.2, -0.15) is 5.26 Å². The largest absolute Gasteiger partial charge is 0.484 e. The first kappa shape index (κ1) is 16.8. The molecule has 0 unspecified atom stereocenters. The lowest BCUT2D eigenvalue weighted by Crippen LogP contribution is -2.48. The van der Waals surface area contributed by atoms with E-state index in [1.54, 1.807) is 24.3 Å². The number of benzene rings is 1. The average molecular weight is 315 g/mol. The molecule has 1 aliphatic carbocycles. The molecule has 0 saturated heterocycles. The van der Waals surface area contributed by atoms with Crippen molar-refractivity contribution in [3.05, 3.63) is 29.8 Å². The van der Waals surface area contributed by atoms with Crippen molar-refractivity contribution in [3.63, 3.8) is 0 Å². The van der Waals surface area contributed by atoms with Gasteiger partial charge in [-0.05, 0) is 43.0 Å². The number of ether oxygens (including phenoxy) is 1. The van der Waals surface area contributed by atoms with Crippen LogP contribution in [0.4, 0.5) is 4.79 Å². The molecule has 1 aromatic carbocycles. The second-order valence-corrected chi connectivity index (χ2v) is 5.81. The molecule has 0 bridgehead atoms. The molecule has 0 radical (unpaired) electrons. The van der Waals surface area contributed by atoms with Crippen LogP contribution in [-0.2, 0) is 4.79 Å². The summed E-state index contributed by atoms with van der Waals surface area (Å²) in [7, 11) is 0. The van der Waals surface area contributed by atoms with E-state index in [1.165, 1.54) is 6.42 Å². The highest BCUT2D eigenvalue weighted by atomic mass is 16.5. The van der Waals surface area contributed by atoms with Crippen LogP contribution in [0.25, 0.3) is 0 Å². The van der Waals surface area contributed by atoms with Crippen LogP contribution >= 0.6 is 0 Å². The molecule has 6 nitrogen and oxygen atoms in total. The molecule has 2 rings (SSSR count). The maximum atomic E-state index is 11.8. The molecule has 6 heteroatoms. The summed E-state index contributed by atoms with van der Waals surface area (Å²) in [5.74, 6) is 0.398. The summed E-state index contributed by atoms with van der Waals surface area (Å²) in [6.07, 6.45) is 4.34. The third kappa shape index (κ3) is 5.29. The number of carbonyl (C=O) groups excluding carboxylic acids is 2. The van der Waals surface area contributed by atoms with Crippen LogP contribution in [-0.4, -0.2) is 24.6 Å². The van der Waals surface area contributed by atoms with E-state index in [0.717, 1.165) is 19.3 Å². The number of carbonyl (C=O) groups is 2. The van der Waals surface area contributed by atoms with Crippen molar-refractivity contribution in [2.45, 2.75) is 38.6 Å². The molecule has 1 aromatic rings. The van der Waals surface area contributed by atoms with Gasteiger partial charge >= 0.3 is 6.03 Å². The van der Waals surface area contributed by atoms with Crippen molar-refractivity contribution in [3.8, 4) is 11.8 Å². The van der Waals surface area contributed by atoms with Gasteiger partial charge in [0.15, 0.2) is 6.61 Å². The molecular weight excluding hydrogens is 294 g/mol. The zero-order valence-electron chi connectivity index (χ0n) is 13.2. The minimum absolute atomic E-state index is 0.121. The van der Waals surface area contributed by atoms with Crippen LogP contribution in [0.2, 0.25) is 0 Å². The molecule has 2 N–H and O–H groups in total. The van der Waals surface area contributed by atoms with Gasteiger partial charge in [0.05, 0.1) is 11.6 Å². The normalized spacial score (nSPS) is 20.2. The van der Waals surface area contributed by atoms with Crippen molar-refractivity contribution in [2.75, 3.05) is 6.61 Å². The minimum Gasteiger partial charge on any atom is -0.484 e. The van der Waals surface area contributed by atoms with E-state index in [4.69, 9.17) is 10.00 Å². The van der Waals surface area contributed by atoms with E-state index in [2.05, 4.69) is 17.6 Å². The molecule has 2 atom stereocenters. The molecule has 0 spiro atoms. The van der Waals surface area contributed by atoms with E-state index >= 15 is 0 Å².